The summed E-state index contributed by atoms with van der Waals surface area (Å²) in [6, 6.07) is 3.72. The molecule has 1 aliphatic carbocycles. The molecule has 0 bridgehead atoms. The molecule has 0 aliphatic heterocycles. The van der Waals surface area contributed by atoms with Crippen LogP contribution < -0.4 is 10.1 Å². The van der Waals surface area contributed by atoms with Gasteiger partial charge in [-0.05, 0) is 51.0 Å². The van der Waals surface area contributed by atoms with Crippen LogP contribution in [0.1, 0.15) is 31.0 Å². The molecule has 1 aromatic rings. The molecular formula is C13H16BrNO3. The maximum absolute atomic E-state index is 10.9. The number of fused-ring (bicyclic) bond motifs is 1. The van der Waals surface area contributed by atoms with E-state index >= 15 is 0 Å². The number of rotatable bonds is 2. The Hall–Kier alpha value is -1.23. The first-order valence-corrected chi connectivity index (χ1v) is 6.50. The Morgan fingerprint density at radius 3 is 2.78 bits per heavy atom. The zero-order chi connectivity index (χ0) is 13.5. The standard InChI is InChI=1S/C13H16BrNO3/c1-13(2)6-7-4-9(14)10(18-3)5-8(7)11(13)15-12(16)17/h4-5,11,15H,6H2,1-3H3,(H,16,17). The van der Waals surface area contributed by atoms with Gasteiger partial charge in [0.1, 0.15) is 5.75 Å². The van der Waals surface area contributed by atoms with Gasteiger partial charge in [0, 0.05) is 0 Å². The molecule has 4 nitrogen and oxygen atoms in total. The maximum Gasteiger partial charge on any atom is 0.405 e. The van der Waals surface area contributed by atoms with Crippen LogP contribution in [0.3, 0.4) is 0 Å². The number of halogens is 1. The molecule has 0 fully saturated rings. The van der Waals surface area contributed by atoms with Crippen LogP contribution in [-0.2, 0) is 6.42 Å². The lowest BCUT2D eigenvalue weighted by Gasteiger charge is -2.27. The number of carbonyl (C=O) groups is 1. The second-order valence-corrected chi connectivity index (χ2v) is 6.09. The SMILES string of the molecule is COc1cc2c(cc1Br)CC(C)(C)C2NC(=O)O. The first kappa shape index (κ1) is 13.2. The van der Waals surface area contributed by atoms with Crippen molar-refractivity contribution in [2.45, 2.75) is 26.3 Å². The molecule has 0 saturated heterocycles. The highest BCUT2D eigenvalue weighted by molar-refractivity contribution is 9.10. The summed E-state index contributed by atoms with van der Waals surface area (Å²) in [5, 5.41) is 11.6. The van der Waals surface area contributed by atoms with Gasteiger partial charge in [0.05, 0.1) is 17.6 Å². The van der Waals surface area contributed by atoms with Gasteiger partial charge < -0.3 is 15.2 Å². The fourth-order valence-electron chi connectivity index (χ4n) is 2.60. The van der Waals surface area contributed by atoms with Crippen LogP contribution in [0.15, 0.2) is 16.6 Å². The molecule has 2 N–H and O–H groups in total. The van der Waals surface area contributed by atoms with Gasteiger partial charge in [0.15, 0.2) is 0 Å². The number of hydrogen-bond acceptors (Lipinski definition) is 2. The predicted octanol–water partition coefficient (Wildman–Crippen LogP) is 3.35. The highest BCUT2D eigenvalue weighted by Gasteiger charge is 2.40. The average molecular weight is 314 g/mol. The van der Waals surface area contributed by atoms with Crippen molar-refractivity contribution in [1.29, 1.82) is 0 Å². The third-order valence-corrected chi connectivity index (χ3v) is 4.04. The Labute approximate surface area is 114 Å². The second kappa shape index (κ2) is 4.46. The van der Waals surface area contributed by atoms with E-state index in [-0.39, 0.29) is 11.5 Å². The number of ether oxygens (including phenoxy) is 1. The summed E-state index contributed by atoms with van der Waals surface area (Å²) in [4.78, 5) is 10.9. The Bertz CT molecular complexity index is 499. The summed E-state index contributed by atoms with van der Waals surface area (Å²) < 4.78 is 6.17. The van der Waals surface area contributed by atoms with E-state index in [1.165, 1.54) is 0 Å². The van der Waals surface area contributed by atoms with E-state index in [2.05, 4.69) is 35.1 Å². The minimum absolute atomic E-state index is 0.132. The zero-order valence-electron chi connectivity index (χ0n) is 10.6. The smallest absolute Gasteiger partial charge is 0.405 e. The highest BCUT2D eigenvalue weighted by Crippen LogP contribution is 2.47. The molecule has 5 heteroatoms. The lowest BCUT2D eigenvalue weighted by molar-refractivity contribution is 0.175. The van der Waals surface area contributed by atoms with Crippen LogP contribution >= 0.6 is 15.9 Å². The molecule has 0 radical (unpaired) electrons. The number of nitrogens with one attached hydrogen (secondary N) is 1. The van der Waals surface area contributed by atoms with Crippen molar-refractivity contribution >= 4 is 22.0 Å². The zero-order valence-corrected chi connectivity index (χ0v) is 12.2. The summed E-state index contributed by atoms with van der Waals surface area (Å²) in [6.45, 7) is 4.13. The van der Waals surface area contributed by atoms with E-state index in [4.69, 9.17) is 9.84 Å². The molecule has 2 rings (SSSR count). The van der Waals surface area contributed by atoms with Crippen molar-refractivity contribution in [2.75, 3.05) is 7.11 Å². The van der Waals surface area contributed by atoms with Crippen LogP contribution in [0.25, 0.3) is 0 Å². The van der Waals surface area contributed by atoms with Gasteiger partial charge in [0.25, 0.3) is 0 Å². The van der Waals surface area contributed by atoms with Gasteiger partial charge in [-0.3, -0.25) is 0 Å². The van der Waals surface area contributed by atoms with Gasteiger partial charge in [-0.1, -0.05) is 13.8 Å². The largest absolute Gasteiger partial charge is 0.496 e. The van der Waals surface area contributed by atoms with Crippen LogP contribution in [-0.4, -0.2) is 18.3 Å². The topological polar surface area (TPSA) is 58.6 Å². The molecule has 0 saturated carbocycles. The Morgan fingerprint density at radius 1 is 1.56 bits per heavy atom. The van der Waals surface area contributed by atoms with Crippen molar-refractivity contribution in [3.05, 3.63) is 27.7 Å². The molecule has 0 aromatic heterocycles. The van der Waals surface area contributed by atoms with E-state index in [1.54, 1.807) is 7.11 Å². The van der Waals surface area contributed by atoms with Crippen LogP contribution in [0.2, 0.25) is 0 Å². The first-order chi connectivity index (χ1) is 8.35. The predicted molar refractivity (Wildman–Crippen MR) is 72.1 cm³/mol. The van der Waals surface area contributed by atoms with Crippen LogP contribution in [0.4, 0.5) is 4.79 Å². The molecule has 1 aromatic carbocycles. The fraction of sp³-hybridized carbons (Fsp3) is 0.462. The number of methoxy groups -OCH3 is 1. The van der Waals surface area contributed by atoms with Crippen molar-refractivity contribution < 1.29 is 14.6 Å². The molecule has 1 aliphatic rings. The summed E-state index contributed by atoms with van der Waals surface area (Å²) in [7, 11) is 1.60. The lowest BCUT2D eigenvalue weighted by atomic mass is 9.85. The molecule has 0 heterocycles. The Morgan fingerprint density at radius 2 is 2.22 bits per heavy atom. The summed E-state index contributed by atoms with van der Waals surface area (Å²) in [5.41, 5.74) is 2.03. The third kappa shape index (κ3) is 2.19. The van der Waals surface area contributed by atoms with Crippen molar-refractivity contribution in [1.82, 2.24) is 5.32 Å². The van der Waals surface area contributed by atoms with Crippen molar-refractivity contribution in [3.63, 3.8) is 0 Å². The Balaban J connectivity index is 2.48. The fourth-order valence-corrected chi connectivity index (χ4v) is 3.15. The van der Waals surface area contributed by atoms with Gasteiger partial charge in [0.2, 0.25) is 0 Å². The molecule has 1 unspecified atom stereocenters. The minimum Gasteiger partial charge on any atom is -0.496 e. The van der Waals surface area contributed by atoms with E-state index in [9.17, 15) is 4.79 Å². The van der Waals surface area contributed by atoms with Gasteiger partial charge in [-0.2, -0.15) is 0 Å². The van der Waals surface area contributed by atoms with Gasteiger partial charge in [-0.15, -0.1) is 0 Å². The molecule has 18 heavy (non-hydrogen) atoms. The van der Waals surface area contributed by atoms with E-state index < -0.39 is 6.09 Å². The van der Waals surface area contributed by atoms with Crippen molar-refractivity contribution in [3.8, 4) is 5.75 Å². The molecule has 1 amide bonds. The number of amides is 1. The molecule has 0 spiro atoms. The highest BCUT2D eigenvalue weighted by atomic mass is 79.9. The normalized spacial score (nSPS) is 20.3. The van der Waals surface area contributed by atoms with E-state index in [1.807, 2.05) is 12.1 Å². The van der Waals surface area contributed by atoms with Crippen molar-refractivity contribution in [2.24, 2.45) is 5.41 Å². The van der Waals surface area contributed by atoms with E-state index in [0.29, 0.717) is 0 Å². The number of carboxylic acid groups (broad SMARTS) is 1. The molecular weight excluding hydrogens is 298 g/mol. The summed E-state index contributed by atoms with van der Waals surface area (Å²) in [5.74, 6) is 0.726. The van der Waals surface area contributed by atoms with Gasteiger partial charge in [-0.25, -0.2) is 4.79 Å². The monoisotopic (exact) mass is 313 g/mol. The molecule has 1 atom stereocenters. The van der Waals surface area contributed by atoms with Crippen LogP contribution in [0, 0.1) is 5.41 Å². The number of hydrogen-bond donors (Lipinski definition) is 2. The Kier molecular flexibility index (Phi) is 3.27. The molecule has 98 valence electrons. The lowest BCUT2D eigenvalue weighted by Crippen LogP contribution is -2.34. The second-order valence-electron chi connectivity index (χ2n) is 5.23. The van der Waals surface area contributed by atoms with Crippen LogP contribution in [0.5, 0.6) is 5.75 Å². The minimum atomic E-state index is -0.997. The summed E-state index contributed by atoms with van der Waals surface area (Å²) >= 11 is 3.46. The average Bonchev–Trinajstić information content (AvgIpc) is 2.48. The third-order valence-electron chi connectivity index (χ3n) is 3.42. The summed E-state index contributed by atoms with van der Waals surface area (Å²) in [6.07, 6.45) is -0.154. The van der Waals surface area contributed by atoms with E-state index in [0.717, 1.165) is 27.8 Å². The maximum atomic E-state index is 10.9. The van der Waals surface area contributed by atoms with Gasteiger partial charge >= 0.3 is 6.09 Å². The quantitative estimate of drug-likeness (QED) is 0.880. The first-order valence-electron chi connectivity index (χ1n) is 5.71. The number of benzene rings is 1.